The lowest BCUT2D eigenvalue weighted by Gasteiger charge is -2.32. The summed E-state index contributed by atoms with van der Waals surface area (Å²) < 4.78 is 66.5. The SMILES string of the molecule is CC(C)(C)c1ccc(S(=O)(=O)N2C=C(c3ccccc3)O[C@@H](CO)C2)cc1.CC(C)(C)c1ccc(S(=O)(=O)N2C=C(c3ccccc3)O[C@H](CO)C2)cc1. The molecule has 2 N–H and O–H groups in total. The quantitative estimate of drug-likeness (QED) is 0.202. The summed E-state index contributed by atoms with van der Waals surface area (Å²) in [5.41, 5.74) is 3.56. The van der Waals surface area contributed by atoms with Gasteiger partial charge < -0.3 is 19.7 Å². The first kappa shape index (κ1) is 40.6. The van der Waals surface area contributed by atoms with Crippen LogP contribution >= 0.6 is 0 Å². The lowest BCUT2D eigenvalue weighted by Crippen LogP contribution is -2.40. The lowest BCUT2D eigenvalue weighted by molar-refractivity contribution is 0.0700. The summed E-state index contributed by atoms with van der Waals surface area (Å²) in [6.07, 6.45) is 1.76. The Kier molecular flexibility index (Phi) is 12.3. The maximum atomic E-state index is 13.1. The largest absolute Gasteiger partial charge is 0.484 e. The molecular formula is C42H50N2O8S2. The van der Waals surface area contributed by atoms with Crippen molar-refractivity contribution in [2.24, 2.45) is 0 Å². The molecule has 0 radical (unpaired) electrons. The van der Waals surface area contributed by atoms with Crippen LogP contribution in [0.3, 0.4) is 0 Å². The highest BCUT2D eigenvalue weighted by atomic mass is 32.2. The molecule has 0 unspecified atom stereocenters. The highest BCUT2D eigenvalue weighted by Gasteiger charge is 2.32. The first-order valence-electron chi connectivity index (χ1n) is 17.8. The van der Waals surface area contributed by atoms with Crippen molar-refractivity contribution in [3.8, 4) is 0 Å². The Morgan fingerprint density at radius 2 is 0.852 bits per heavy atom. The fourth-order valence-electron chi connectivity index (χ4n) is 5.80. The molecule has 0 aliphatic carbocycles. The average Bonchev–Trinajstić information content (AvgIpc) is 3.17. The summed E-state index contributed by atoms with van der Waals surface area (Å²) in [5, 5.41) is 19.1. The number of aliphatic hydroxyl groups excluding tert-OH is 2. The van der Waals surface area contributed by atoms with E-state index in [1.807, 2.05) is 84.9 Å². The molecule has 4 aromatic rings. The second kappa shape index (κ2) is 16.4. The van der Waals surface area contributed by atoms with Crippen LogP contribution < -0.4 is 0 Å². The predicted molar refractivity (Wildman–Crippen MR) is 211 cm³/mol. The van der Waals surface area contributed by atoms with Crippen LogP contribution in [0.15, 0.2) is 131 Å². The van der Waals surface area contributed by atoms with Gasteiger partial charge in [0.25, 0.3) is 20.0 Å². The van der Waals surface area contributed by atoms with E-state index in [-0.39, 0.29) is 46.9 Å². The van der Waals surface area contributed by atoms with Gasteiger partial charge >= 0.3 is 0 Å². The second-order valence-electron chi connectivity index (χ2n) is 15.3. The zero-order valence-corrected chi connectivity index (χ0v) is 33.2. The van der Waals surface area contributed by atoms with E-state index < -0.39 is 32.3 Å². The van der Waals surface area contributed by atoms with E-state index in [1.54, 1.807) is 24.3 Å². The van der Waals surface area contributed by atoms with Gasteiger partial charge in [0, 0.05) is 11.1 Å². The molecule has 12 heteroatoms. The molecule has 54 heavy (non-hydrogen) atoms. The second-order valence-corrected chi connectivity index (χ2v) is 19.0. The van der Waals surface area contributed by atoms with E-state index >= 15 is 0 Å². The van der Waals surface area contributed by atoms with Gasteiger partial charge in [-0.15, -0.1) is 0 Å². The number of ether oxygens (including phenoxy) is 2. The Morgan fingerprint density at radius 3 is 1.13 bits per heavy atom. The summed E-state index contributed by atoms with van der Waals surface area (Å²) in [6, 6.07) is 32.5. The van der Waals surface area contributed by atoms with Crippen molar-refractivity contribution >= 4 is 31.6 Å². The van der Waals surface area contributed by atoms with Crippen molar-refractivity contribution in [3.05, 3.63) is 144 Å². The molecule has 2 atom stereocenters. The summed E-state index contributed by atoms with van der Waals surface area (Å²) in [5.74, 6) is 0.853. The number of benzene rings is 4. The summed E-state index contributed by atoms with van der Waals surface area (Å²) >= 11 is 0. The van der Waals surface area contributed by atoms with Crippen LogP contribution in [0.25, 0.3) is 11.5 Å². The topological polar surface area (TPSA) is 134 Å². The molecule has 0 bridgehead atoms. The van der Waals surface area contributed by atoms with Gasteiger partial charge in [0.2, 0.25) is 0 Å². The Hall–Kier alpha value is -4.62. The van der Waals surface area contributed by atoms with Crippen molar-refractivity contribution in [1.82, 2.24) is 8.61 Å². The third-order valence-corrected chi connectivity index (χ3v) is 12.5. The van der Waals surface area contributed by atoms with Gasteiger partial charge in [0.05, 0.1) is 48.5 Å². The van der Waals surface area contributed by atoms with Crippen LogP contribution in [0, 0.1) is 0 Å². The summed E-state index contributed by atoms with van der Waals surface area (Å²) in [6.45, 7) is 12.1. The van der Waals surface area contributed by atoms with Gasteiger partial charge in [-0.3, -0.25) is 8.61 Å². The van der Waals surface area contributed by atoms with Crippen molar-refractivity contribution in [3.63, 3.8) is 0 Å². The van der Waals surface area contributed by atoms with Gasteiger partial charge in [-0.2, -0.15) is 0 Å². The number of nitrogens with zero attached hydrogens (tertiary/aromatic N) is 2. The van der Waals surface area contributed by atoms with E-state index in [9.17, 15) is 27.0 Å². The first-order chi connectivity index (χ1) is 25.4. The molecule has 6 rings (SSSR count). The molecule has 0 saturated heterocycles. The Bertz CT molecular complexity index is 1980. The Balaban J connectivity index is 0.000000208. The Labute approximate surface area is 320 Å². The number of aliphatic hydroxyl groups is 2. The molecule has 10 nitrogen and oxygen atoms in total. The van der Waals surface area contributed by atoms with Crippen molar-refractivity contribution in [1.29, 1.82) is 0 Å². The molecule has 0 saturated carbocycles. The molecule has 4 aromatic carbocycles. The van der Waals surface area contributed by atoms with Gasteiger partial charge in [-0.05, 0) is 46.2 Å². The standard InChI is InChI=1S/2C21H25NO4S/c2*1-21(2,3)17-9-11-19(12-10-17)27(24,25)22-13-18(15-23)26-20(14-22)16-7-5-4-6-8-16/h2*4-12,14,18,23H,13,15H2,1-3H3/t2*18-/m10/s1. The fourth-order valence-corrected chi connectivity index (χ4v) is 8.50. The van der Waals surface area contributed by atoms with Crippen LogP contribution in [0.2, 0.25) is 0 Å². The van der Waals surface area contributed by atoms with Crippen LogP contribution in [0.4, 0.5) is 0 Å². The average molecular weight is 775 g/mol. The molecule has 0 spiro atoms. The van der Waals surface area contributed by atoms with Gasteiger partial charge in [-0.25, -0.2) is 16.8 Å². The summed E-state index contributed by atoms with van der Waals surface area (Å²) in [4.78, 5) is 0.440. The van der Waals surface area contributed by atoms with E-state index in [0.717, 1.165) is 22.3 Å². The molecule has 288 valence electrons. The van der Waals surface area contributed by atoms with E-state index in [1.165, 1.54) is 21.0 Å². The minimum Gasteiger partial charge on any atom is -0.484 e. The monoisotopic (exact) mass is 774 g/mol. The fraction of sp³-hybridized carbons (Fsp3) is 0.333. The number of hydrogen-bond donors (Lipinski definition) is 2. The minimum absolute atomic E-state index is 0.0520. The number of hydrogen-bond acceptors (Lipinski definition) is 8. The highest BCUT2D eigenvalue weighted by molar-refractivity contribution is 7.89. The molecule has 0 fully saturated rings. The lowest BCUT2D eigenvalue weighted by atomic mass is 9.87. The van der Waals surface area contributed by atoms with E-state index in [2.05, 4.69) is 41.5 Å². The first-order valence-corrected chi connectivity index (χ1v) is 20.7. The minimum atomic E-state index is -3.74. The van der Waals surface area contributed by atoms with Crippen LogP contribution in [-0.4, -0.2) is 74.2 Å². The van der Waals surface area contributed by atoms with Crippen molar-refractivity contribution < 1.29 is 36.5 Å². The van der Waals surface area contributed by atoms with E-state index in [4.69, 9.17) is 9.47 Å². The van der Waals surface area contributed by atoms with Crippen LogP contribution in [-0.2, 0) is 40.4 Å². The van der Waals surface area contributed by atoms with Crippen LogP contribution in [0.5, 0.6) is 0 Å². The van der Waals surface area contributed by atoms with Crippen molar-refractivity contribution in [2.75, 3.05) is 26.3 Å². The van der Waals surface area contributed by atoms with Gasteiger partial charge in [0.15, 0.2) is 0 Å². The highest BCUT2D eigenvalue weighted by Crippen LogP contribution is 2.31. The molecule has 0 aromatic heterocycles. The van der Waals surface area contributed by atoms with Crippen molar-refractivity contribution in [2.45, 2.75) is 74.4 Å². The molecule has 2 aliphatic heterocycles. The zero-order chi connectivity index (χ0) is 39.3. The third kappa shape index (κ3) is 9.54. The molecule has 2 aliphatic rings. The molecule has 2 heterocycles. The Morgan fingerprint density at radius 1 is 0.537 bits per heavy atom. The smallest absolute Gasteiger partial charge is 0.264 e. The normalized spacial score (nSPS) is 18.0. The molecular weight excluding hydrogens is 725 g/mol. The summed E-state index contributed by atoms with van der Waals surface area (Å²) in [7, 11) is -7.48. The number of sulfonamides is 2. The predicted octanol–water partition coefficient (Wildman–Crippen LogP) is 6.73. The van der Waals surface area contributed by atoms with Gasteiger partial charge in [0.1, 0.15) is 23.7 Å². The zero-order valence-electron chi connectivity index (χ0n) is 31.6. The maximum absolute atomic E-state index is 13.1. The van der Waals surface area contributed by atoms with Gasteiger partial charge in [-0.1, -0.05) is 126 Å². The van der Waals surface area contributed by atoms with Crippen LogP contribution in [0.1, 0.15) is 63.8 Å². The third-order valence-electron chi connectivity index (χ3n) is 9.05. The number of rotatable bonds is 8. The van der Waals surface area contributed by atoms with E-state index in [0.29, 0.717) is 11.5 Å². The maximum Gasteiger partial charge on any atom is 0.264 e. The molecule has 0 amide bonds.